The Morgan fingerprint density at radius 3 is 0.767 bits per heavy atom. The van der Waals surface area contributed by atoms with E-state index in [0.29, 0.717) is 84.5 Å². The fourth-order valence-electron chi connectivity index (χ4n) is 14.0. The molecule has 0 N–H and O–H groups in total. The van der Waals surface area contributed by atoms with Crippen LogP contribution in [0.25, 0.3) is 0 Å². The highest BCUT2D eigenvalue weighted by Crippen LogP contribution is 2.35. The lowest BCUT2D eigenvalue weighted by Crippen LogP contribution is -2.44. The minimum Gasteiger partial charge on any atom is -0.494 e. The maximum atomic E-state index is 13.9. The zero-order valence-corrected chi connectivity index (χ0v) is 76.6. The number of aryl methyl sites for hydroxylation is 2. The van der Waals surface area contributed by atoms with Crippen LogP contribution in [-0.2, 0) is 17.0 Å². The van der Waals surface area contributed by atoms with Crippen molar-refractivity contribution < 1.29 is 99.3 Å². The van der Waals surface area contributed by atoms with Gasteiger partial charge >= 0.3 is 47.8 Å². The predicted molar refractivity (Wildman–Crippen MR) is 494 cm³/mol. The summed E-state index contributed by atoms with van der Waals surface area (Å²) in [4.78, 5) is 107. The monoisotopic (exact) mass is 1780 g/mol. The van der Waals surface area contributed by atoms with E-state index in [-0.39, 0.29) is 79.4 Å². The standard InChI is InChI=1S/C104H112N2O21Si2/c1-9-13-17-21-61-115-85-45-29-73(30-46-85)97(107)119-87-53-37-77(38-54-87)101(111)125-95-69-91(57-41-83(95)71-105)123-99(109)75-33-49-89(50-34-75)121-103(113)81-43-59-93(117-63-23-19-15-11-3)79(67-81)27-25-65-128(5,6)127-129(7,8)66-26-28-80-68-82(44-60-94(80)118-64-24-20-16-12-4)104(114)122-90-51-35-76(36-52-90)100(110)124-92-58-42-84(72-106)96(70-92)126-102(112)78-39-55-88(56-40-78)120-98(108)74-31-47-86(48-32-74)116-62-22-18-14-10-2/h29-60,67-70H,9-28,61-66H2,1-8H3. The van der Waals surface area contributed by atoms with Gasteiger partial charge in [-0.2, -0.15) is 10.5 Å². The lowest BCUT2D eigenvalue weighted by Gasteiger charge is -2.34. The quantitative estimate of drug-likeness (QED) is 0.0148. The molecule has 10 rings (SSSR count). The third kappa shape index (κ3) is 31.5. The number of carbonyl (C=O) groups is 8. The van der Waals surface area contributed by atoms with Crippen molar-refractivity contribution in [3.63, 3.8) is 0 Å². The van der Waals surface area contributed by atoms with Crippen LogP contribution in [0, 0.1) is 22.7 Å². The van der Waals surface area contributed by atoms with Crippen molar-refractivity contribution >= 4 is 64.4 Å². The Kier molecular flexibility index (Phi) is 38.0. The molecule has 0 saturated carbocycles. The van der Waals surface area contributed by atoms with Crippen LogP contribution in [0.3, 0.4) is 0 Å². The van der Waals surface area contributed by atoms with Gasteiger partial charge in [-0.15, -0.1) is 0 Å². The second-order valence-corrected chi connectivity index (χ2v) is 41.3. The van der Waals surface area contributed by atoms with Crippen molar-refractivity contribution in [2.24, 2.45) is 0 Å². The summed E-state index contributed by atoms with van der Waals surface area (Å²) in [6.45, 7) is 19.8. The Hall–Kier alpha value is -13.5. The first-order chi connectivity index (χ1) is 62.4. The maximum absolute atomic E-state index is 13.9. The van der Waals surface area contributed by atoms with Gasteiger partial charge in [-0.1, -0.05) is 105 Å². The summed E-state index contributed by atoms with van der Waals surface area (Å²) in [6.07, 6.45) is 19.5. The number of nitriles is 2. The zero-order valence-electron chi connectivity index (χ0n) is 74.6. The third-order valence-corrected chi connectivity index (χ3v) is 28.5. The van der Waals surface area contributed by atoms with E-state index in [1.165, 1.54) is 133 Å². The summed E-state index contributed by atoms with van der Waals surface area (Å²) in [5.41, 5.74) is 3.38. The van der Waals surface area contributed by atoms with Gasteiger partial charge in [-0.25, -0.2) is 38.4 Å². The average Bonchev–Trinajstić information content (AvgIpc) is 0.832. The molecule has 0 atom stereocenters. The Bertz CT molecular complexity index is 5170. The number of carbonyl (C=O) groups excluding carboxylic acids is 8. The number of unbranched alkanes of at least 4 members (excludes halogenated alkanes) is 12. The Labute approximate surface area is 757 Å². The molecular formula is C104H112N2O21Si2. The fourth-order valence-corrected chi connectivity index (χ4v) is 22.9. The second-order valence-electron chi connectivity index (χ2n) is 32.4. The van der Waals surface area contributed by atoms with Crippen LogP contribution < -0.4 is 56.8 Å². The molecule has 0 aliphatic rings. The van der Waals surface area contributed by atoms with E-state index < -0.39 is 64.4 Å². The van der Waals surface area contributed by atoms with Crippen LogP contribution in [0.4, 0.5) is 0 Å². The molecule has 0 aliphatic heterocycles. The second kappa shape index (κ2) is 50.2. The molecule has 0 aromatic heterocycles. The molecule has 0 unspecified atom stereocenters. The molecule has 129 heavy (non-hydrogen) atoms. The van der Waals surface area contributed by atoms with E-state index in [9.17, 15) is 48.9 Å². The molecule has 0 bridgehead atoms. The van der Waals surface area contributed by atoms with Gasteiger partial charge in [-0.05, 0) is 307 Å². The minimum atomic E-state index is -2.30. The Balaban J connectivity index is 0.689. The van der Waals surface area contributed by atoms with Crippen molar-refractivity contribution in [1.82, 2.24) is 0 Å². The van der Waals surface area contributed by atoms with Gasteiger partial charge in [0.05, 0.1) is 82.1 Å². The normalized spacial score (nSPS) is 11.1. The third-order valence-electron chi connectivity index (χ3n) is 21.0. The topological polar surface area (TPSA) is 304 Å². The number of hydrogen-bond acceptors (Lipinski definition) is 23. The first-order valence-electron chi connectivity index (χ1n) is 44.3. The van der Waals surface area contributed by atoms with E-state index in [1.54, 1.807) is 60.7 Å². The molecule has 0 radical (unpaired) electrons. The molecule has 23 nitrogen and oxygen atoms in total. The molecule has 0 fully saturated rings. The van der Waals surface area contributed by atoms with Crippen LogP contribution >= 0.6 is 0 Å². The molecular weight excluding hydrogens is 1670 g/mol. The summed E-state index contributed by atoms with van der Waals surface area (Å²) < 4.78 is 76.8. The first-order valence-corrected chi connectivity index (χ1v) is 50.6. The van der Waals surface area contributed by atoms with Crippen molar-refractivity contribution in [2.45, 2.75) is 194 Å². The molecule has 10 aromatic carbocycles. The van der Waals surface area contributed by atoms with Crippen LogP contribution in [0.15, 0.2) is 218 Å². The van der Waals surface area contributed by atoms with Crippen LogP contribution in [0.2, 0.25) is 38.3 Å². The largest absolute Gasteiger partial charge is 0.494 e. The maximum Gasteiger partial charge on any atom is 0.343 e. The summed E-state index contributed by atoms with van der Waals surface area (Å²) in [7, 11) is -4.60. The highest BCUT2D eigenvalue weighted by molar-refractivity contribution is 6.84. The number of esters is 8. The van der Waals surface area contributed by atoms with Crippen molar-refractivity contribution in [1.29, 1.82) is 10.5 Å². The van der Waals surface area contributed by atoms with Gasteiger partial charge < -0.3 is 61.0 Å². The summed E-state index contributed by atoms with van der Waals surface area (Å²) in [6, 6.07) is 60.6. The minimum absolute atomic E-state index is 0.000921. The number of hydrogen-bond donors (Lipinski definition) is 0. The number of rotatable bonds is 50. The zero-order chi connectivity index (χ0) is 91.9. The number of ether oxygens (including phenoxy) is 12. The van der Waals surface area contributed by atoms with Crippen molar-refractivity contribution in [2.75, 3.05) is 26.4 Å². The molecule has 25 heteroatoms. The fraction of sp³-hybridized carbons (Fsp3) is 0.327. The number of benzene rings is 10. The van der Waals surface area contributed by atoms with Crippen molar-refractivity contribution in [3.05, 3.63) is 285 Å². The smallest absolute Gasteiger partial charge is 0.343 e. The molecule has 0 spiro atoms. The Morgan fingerprint density at radius 1 is 0.248 bits per heavy atom. The van der Waals surface area contributed by atoms with Crippen molar-refractivity contribution in [3.8, 4) is 81.1 Å². The Morgan fingerprint density at radius 2 is 0.488 bits per heavy atom. The molecule has 0 heterocycles. The summed E-state index contributed by atoms with van der Waals surface area (Å²) >= 11 is 0. The predicted octanol–water partition coefficient (Wildman–Crippen LogP) is 24.0. The van der Waals surface area contributed by atoms with Gasteiger partial charge in [0.2, 0.25) is 0 Å². The lowest BCUT2D eigenvalue weighted by molar-refractivity contribution is 0.0711. The van der Waals surface area contributed by atoms with E-state index in [0.717, 1.165) is 139 Å². The van der Waals surface area contributed by atoms with Crippen LogP contribution in [-0.4, -0.2) is 90.8 Å². The summed E-state index contributed by atoms with van der Waals surface area (Å²) in [5.74, 6) is -2.59. The van der Waals surface area contributed by atoms with Gasteiger partial charge in [0.25, 0.3) is 0 Å². The highest BCUT2D eigenvalue weighted by Gasteiger charge is 2.33. The highest BCUT2D eigenvalue weighted by atomic mass is 28.4. The van der Waals surface area contributed by atoms with E-state index >= 15 is 0 Å². The molecule has 0 saturated heterocycles. The molecule has 10 aromatic rings. The van der Waals surface area contributed by atoms with E-state index in [1.807, 2.05) is 36.4 Å². The van der Waals surface area contributed by atoms with E-state index in [2.05, 4.69) is 53.9 Å². The molecule has 0 amide bonds. The number of nitrogens with zero attached hydrogens (tertiary/aromatic N) is 2. The van der Waals surface area contributed by atoms with Gasteiger partial charge in [0.1, 0.15) is 69.6 Å². The molecule has 672 valence electrons. The van der Waals surface area contributed by atoms with Crippen LogP contribution in [0.5, 0.6) is 69.0 Å². The van der Waals surface area contributed by atoms with Crippen LogP contribution in [0.1, 0.15) is 248 Å². The lowest BCUT2D eigenvalue weighted by atomic mass is 10.1. The SMILES string of the molecule is CCCCCCOc1ccc(C(=O)Oc2ccc(C(=O)Oc3cc(OC(=O)c4ccc(OC(=O)c5ccc(OCCCCCC)c(CCC[Si](C)(C)O[Si](C)(C)CCCc6cc(C(=O)Oc7ccc(C(=O)Oc8ccc(C#N)c(OC(=O)c9ccc(OC(=O)c%10ccc(OCCCCCC)cc%10)cc9)c8)cc7)ccc6OCCCCCC)c5)cc4)ccc3C#N)cc2)cc1. The first kappa shape index (κ1) is 97.7. The van der Waals surface area contributed by atoms with E-state index in [4.69, 9.17) is 61.0 Å². The average molecular weight is 1780 g/mol. The van der Waals surface area contributed by atoms with Gasteiger partial charge in [0, 0.05) is 12.1 Å². The van der Waals surface area contributed by atoms with Gasteiger partial charge in [0.15, 0.2) is 28.1 Å². The summed E-state index contributed by atoms with van der Waals surface area (Å²) in [5, 5.41) is 19.8. The molecule has 0 aliphatic carbocycles. The van der Waals surface area contributed by atoms with Gasteiger partial charge in [-0.3, -0.25) is 0 Å².